The van der Waals surface area contributed by atoms with Gasteiger partial charge in [0.05, 0.1) is 11.7 Å². The summed E-state index contributed by atoms with van der Waals surface area (Å²) in [6.45, 7) is 1.63. The molecule has 26 heavy (non-hydrogen) atoms. The number of aryl methyl sites for hydroxylation is 2. The van der Waals surface area contributed by atoms with E-state index in [1.807, 2.05) is 12.1 Å². The summed E-state index contributed by atoms with van der Waals surface area (Å²) in [7, 11) is 1.80. The number of nitrogens with zero attached hydrogens (tertiary/aromatic N) is 4. The summed E-state index contributed by atoms with van der Waals surface area (Å²) in [5.41, 5.74) is 2.87. The van der Waals surface area contributed by atoms with E-state index in [1.165, 1.54) is 22.0 Å². The summed E-state index contributed by atoms with van der Waals surface area (Å²) in [5, 5.41) is 4.09. The lowest BCUT2D eigenvalue weighted by Crippen LogP contribution is -2.37. The Bertz CT molecular complexity index is 1040. The van der Waals surface area contributed by atoms with Crippen molar-refractivity contribution in [2.75, 3.05) is 7.05 Å². The molecule has 4 rings (SSSR count). The first-order chi connectivity index (χ1) is 12.6. The third-order valence-electron chi connectivity index (χ3n) is 5.14. The molecule has 0 fully saturated rings. The average molecular weight is 352 g/mol. The molecule has 7 heteroatoms. The molecule has 0 saturated carbocycles. The normalized spacial score (nSPS) is 16.5. The maximum atomic E-state index is 12.8. The second-order valence-corrected chi connectivity index (χ2v) is 6.74. The van der Waals surface area contributed by atoms with Gasteiger partial charge < -0.3 is 9.42 Å². The molecule has 3 aromatic rings. The predicted molar refractivity (Wildman–Crippen MR) is 95.7 cm³/mol. The molecular weight excluding hydrogens is 332 g/mol. The van der Waals surface area contributed by atoms with Gasteiger partial charge in [0.2, 0.25) is 5.91 Å². The number of fused-ring (bicyclic) bond motifs is 2. The Morgan fingerprint density at radius 2 is 2.19 bits per heavy atom. The van der Waals surface area contributed by atoms with E-state index < -0.39 is 0 Å². The monoisotopic (exact) mass is 352 g/mol. The maximum Gasteiger partial charge on any atom is 0.267 e. The van der Waals surface area contributed by atoms with E-state index in [0.717, 1.165) is 19.3 Å². The van der Waals surface area contributed by atoms with Crippen LogP contribution in [-0.4, -0.2) is 32.6 Å². The van der Waals surface area contributed by atoms with Crippen LogP contribution in [0.15, 0.2) is 39.9 Å². The van der Waals surface area contributed by atoms with E-state index in [4.69, 9.17) is 4.52 Å². The first kappa shape index (κ1) is 16.5. The van der Waals surface area contributed by atoms with Crippen molar-refractivity contribution in [2.45, 2.75) is 38.8 Å². The minimum atomic E-state index is -0.306. The molecule has 7 nitrogen and oxygen atoms in total. The van der Waals surface area contributed by atoms with Gasteiger partial charge in [-0.05, 0) is 37.3 Å². The van der Waals surface area contributed by atoms with Gasteiger partial charge in [0.1, 0.15) is 18.3 Å². The topological polar surface area (TPSA) is 81.2 Å². The van der Waals surface area contributed by atoms with Crippen LogP contribution in [0.3, 0.4) is 0 Å². The first-order valence-electron chi connectivity index (χ1n) is 8.71. The molecule has 2 aromatic heterocycles. The Hall–Kier alpha value is -2.96. The number of amides is 1. The Labute approximate surface area is 150 Å². The van der Waals surface area contributed by atoms with Crippen molar-refractivity contribution >= 4 is 17.0 Å². The summed E-state index contributed by atoms with van der Waals surface area (Å²) in [6, 6.07) is 8.29. The number of hydrogen-bond acceptors (Lipinski definition) is 5. The van der Waals surface area contributed by atoms with Gasteiger partial charge >= 0.3 is 0 Å². The number of rotatable bonds is 3. The summed E-state index contributed by atoms with van der Waals surface area (Å²) in [6.07, 6.45) is 4.36. The summed E-state index contributed by atoms with van der Waals surface area (Å²) < 4.78 is 6.32. The SMILES string of the molecule is Cc1noc2ncn(CC(=O)N(C)C3CCCc4ccccc43)c(=O)c12. The van der Waals surface area contributed by atoms with Crippen molar-refractivity contribution in [3.8, 4) is 0 Å². The van der Waals surface area contributed by atoms with Gasteiger partial charge in [-0.3, -0.25) is 14.2 Å². The van der Waals surface area contributed by atoms with Gasteiger partial charge in [-0.25, -0.2) is 4.98 Å². The molecule has 0 saturated heterocycles. The minimum Gasteiger partial charge on any atom is -0.337 e. The van der Waals surface area contributed by atoms with Crippen LogP contribution in [0.1, 0.15) is 35.7 Å². The van der Waals surface area contributed by atoms with Crippen LogP contribution in [0.5, 0.6) is 0 Å². The van der Waals surface area contributed by atoms with Crippen LogP contribution in [0.2, 0.25) is 0 Å². The number of carbonyl (C=O) groups excluding carboxylic acids is 1. The van der Waals surface area contributed by atoms with Gasteiger partial charge in [0.15, 0.2) is 0 Å². The van der Waals surface area contributed by atoms with Crippen molar-refractivity contribution in [3.05, 3.63) is 57.8 Å². The minimum absolute atomic E-state index is 0.0390. The smallest absolute Gasteiger partial charge is 0.267 e. The second-order valence-electron chi connectivity index (χ2n) is 6.74. The Morgan fingerprint density at radius 3 is 3.04 bits per heavy atom. The largest absolute Gasteiger partial charge is 0.337 e. The van der Waals surface area contributed by atoms with Gasteiger partial charge in [-0.15, -0.1) is 0 Å². The highest BCUT2D eigenvalue weighted by Crippen LogP contribution is 2.33. The van der Waals surface area contributed by atoms with Crippen molar-refractivity contribution in [2.24, 2.45) is 0 Å². The van der Waals surface area contributed by atoms with E-state index in [9.17, 15) is 9.59 Å². The fourth-order valence-corrected chi connectivity index (χ4v) is 3.68. The fraction of sp³-hybridized carbons (Fsp3) is 0.368. The predicted octanol–water partition coefficient (Wildman–Crippen LogP) is 2.23. The Balaban J connectivity index is 1.60. The zero-order chi connectivity index (χ0) is 18.3. The highest BCUT2D eigenvalue weighted by atomic mass is 16.5. The second kappa shape index (κ2) is 6.40. The molecule has 0 spiro atoms. The number of aromatic nitrogens is 3. The molecular formula is C19H20N4O3. The summed E-state index contributed by atoms with van der Waals surface area (Å²) in [5.74, 6) is -0.121. The van der Waals surface area contributed by atoms with Gasteiger partial charge in [0, 0.05) is 7.05 Å². The molecule has 0 aliphatic heterocycles. The quantitative estimate of drug-likeness (QED) is 0.722. The number of carbonyl (C=O) groups is 1. The third kappa shape index (κ3) is 2.69. The van der Waals surface area contributed by atoms with Crippen molar-refractivity contribution in [1.29, 1.82) is 0 Å². The van der Waals surface area contributed by atoms with Crippen molar-refractivity contribution < 1.29 is 9.32 Å². The van der Waals surface area contributed by atoms with Gasteiger partial charge in [-0.1, -0.05) is 29.4 Å². The van der Waals surface area contributed by atoms with E-state index in [0.29, 0.717) is 11.1 Å². The average Bonchev–Trinajstić information content (AvgIpc) is 3.04. The van der Waals surface area contributed by atoms with Crippen LogP contribution < -0.4 is 5.56 Å². The molecule has 1 unspecified atom stereocenters. The van der Waals surface area contributed by atoms with Crippen LogP contribution in [0.4, 0.5) is 0 Å². The molecule has 1 atom stereocenters. The van der Waals surface area contributed by atoms with E-state index in [1.54, 1.807) is 18.9 Å². The zero-order valence-corrected chi connectivity index (χ0v) is 14.8. The van der Waals surface area contributed by atoms with Crippen LogP contribution >= 0.6 is 0 Å². The molecule has 1 aliphatic rings. The Morgan fingerprint density at radius 1 is 1.38 bits per heavy atom. The third-order valence-corrected chi connectivity index (χ3v) is 5.14. The number of likely N-dealkylation sites (N-methyl/N-ethyl adjacent to an activating group) is 1. The summed E-state index contributed by atoms with van der Waals surface area (Å²) >= 11 is 0. The van der Waals surface area contributed by atoms with E-state index in [2.05, 4.69) is 22.3 Å². The molecule has 134 valence electrons. The fourth-order valence-electron chi connectivity index (χ4n) is 3.68. The molecule has 1 aliphatic carbocycles. The highest BCUT2D eigenvalue weighted by Gasteiger charge is 2.27. The standard InChI is InChI=1S/C19H20N4O3/c1-12-17-18(26-21-12)20-11-23(19(17)25)10-16(24)22(2)15-9-5-7-13-6-3-4-8-14(13)15/h3-4,6,8,11,15H,5,7,9-10H2,1-2H3. The number of benzene rings is 1. The maximum absolute atomic E-state index is 12.8. The molecule has 1 aromatic carbocycles. The lowest BCUT2D eigenvalue weighted by molar-refractivity contribution is -0.133. The van der Waals surface area contributed by atoms with Crippen molar-refractivity contribution in [3.63, 3.8) is 0 Å². The highest BCUT2D eigenvalue weighted by molar-refractivity contribution is 5.78. The molecule has 1 amide bonds. The van der Waals surface area contributed by atoms with Crippen molar-refractivity contribution in [1.82, 2.24) is 19.6 Å². The zero-order valence-electron chi connectivity index (χ0n) is 14.8. The Kier molecular flexibility index (Phi) is 4.06. The van der Waals surface area contributed by atoms with E-state index >= 15 is 0 Å². The van der Waals surface area contributed by atoms with Crippen LogP contribution in [0, 0.1) is 6.92 Å². The number of hydrogen-bond donors (Lipinski definition) is 0. The van der Waals surface area contributed by atoms with Crippen LogP contribution in [0.25, 0.3) is 11.1 Å². The lowest BCUT2D eigenvalue weighted by Gasteiger charge is -2.33. The van der Waals surface area contributed by atoms with Gasteiger partial charge in [0.25, 0.3) is 11.3 Å². The first-order valence-corrected chi connectivity index (χ1v) is 8.71. The molecule has 0 radical (unpaired) electrons. The summed E-state index contributed by atoms with van der Waals surface area (Å²) in [4.78, 5) is 31.3. The molecule has 2 heterocycles. The van der Waals surface area contributed by atoms with Gasteiger partial charge in [-0.2, -0.15) is 0 Å². The lowest BCUT2D eigenvalue weighted by atomic mass is 9.87. The molecule has 0 N–H and O–H groups in total. The molecule has 0 bridgehead atoms. The van der Waals surface area contributed by atoms with Crippen LogP contribution in [-0.2, 0) is 17.8 Å². The van der Waals surface area contributed by atoms with E-state index in [-0.39, 0.29) is 29.8 Å².